The first-order chi connectivity index (χ1) is 9.70. The molecule has 1 aliphatic rings. The van der Waals surface area contributed by atoms with Crippen molar-refractivity contribution in [1.82, 2.24) is 10.2 Å². The third kappa shape index (κ3) is 3.78. The summed E-state index contributed by atoms with van der Waals surface area (Å²) in [6, 6.07) is 8.27. The van der Waals surface area contributed by atoms with Gasteiger partial charge in [0.2, 0.25) is 5.91 Å². The number of nitrogens with one attached hydrogen (secondary N) is 1. The molecule has 20 heavy (non-hydrogen) atoms. The number of amides is 1. The summed E-state index contributed by atoms with van der Waals surface area (Å²) in [7, 11) is 0. The minimum atomic E-state index is -0.265. The zero-order valence-electron chi connectivity index (χ0n) is 11.3. The predicted molar refractivity (Wildman–Crippen MR) is 73.2 cm³/mol. The molecule has 1 amide bonds. The normalized spacial score (nSPS) is 16.6. The summed E-state index contributed by atoms with van der Waals surface area (Å²) in [5.41, 5.74) is 0.991. The highest BCUT2D eigenvalue weighted by atomic mass is 19.1. The molecule has 1 aromatic carbocycles. The number of carbonyl (C=O) groups excluding carboxylic acids is 1. The monoisotopic (exact) mass is 275 g/mol. The number of nitriles is 1. The van der Waals surface area contributed by atoms with Crippen molar-refractivity contribution >= 4 is 5.91 Å². The van der Waals surface area contributed by atoms with Crippen molar-refractivity contribution < 1.29 is 9.18 Å². The van der Waals surface area contributed by atoms with Crippen LogP contribution in [0.2, 0.25) is 0 Å². The summed E-state index contributed by atoms with van der Waals surface area (Å²) in [6.45, 7) is 2.42. The first-order valence-electron chi connectivity index (χ1n) is 6.84. The lowest BCUT2D eigenvalue weighted by molar-refractivity contribution is -0.120. The highest BCUT2D eigenvalue weighted by Gasteiger charge is 2.23. The average molecular weight is 275 g/mol. The Bertz CT molecular complexity index is 489. The molecule has 0 spiro atoms. The summed E-state index contributed by atoms with van der Waals surface area (Å²) in [6.07, 6.45) is 2.16. The molecule has 1 N–H and O–H groups in total. The molecule has 0 aliphatic carbocycles. The lowest BCUT2D eigenvalue weighted by Gasteiger charge is -2.28. The van der Waals surface area contributed by atoms with Gasteiger partial charge in [0, 0.05) is 6.54 Å². The predicted octanol–water partition coefficient (Wildman–Crippen LogP) is 1.99. The molecule has 2 rings (SSSR count). The third-order valence-electron chi connectivity index (χ3n) is 3.57. The fourth-order valence-electron chi connectivity index (χ4n) is 2.54. The Balaban J connectivity index is 2.06. The van der Waals surface area contributed by atoms with Crippen LogP contribution in [0.1, 0.15) is 30.9 Å². The van der Waals surface area contributed by atoms with Gasteiger partial charge < -0.3 is 5.32 Å². The van der Waals surface area contributed by atoms with E-state index in [1.165, 1.54) is 12.1 Å². The van der Waals surface area contributed by atoms with E-state index in [1.54, 1.807) is 12.1 Å². The van der Waals surface area contributed by atoms with Gasteiger partial charge in [-0.3, -0.25) is 9.69 Å². The van der Waals surface area contributed by atoms with Crippen LogP contribution in [0, 0.1) is 17.1 Å². The second-order valence-electron chi connectivity index (χ2n) is 4.95. The molecule has 106 valence electrons. The van der Waals surface area contributed by atoms with Crippen molar-refractivity contribution in [3.8, 4) is 6.07 Å². The molecule has 1 atom stereocenters. The zero-order valence-corrected chi connectivity index (χ0v) is 11.3. The first-order valence-corrected chi connectivity index (χ1v) is 6.84. The summed E-state index contributed by atoms with van der Waals surface area (Å²) in [4.78, 5) is 13.7. The molecule has 1 heterocycles. The Morgan fingerprint density at radius 3 is 2.60 bits per heavy atom. The van der Waals surface area contributed by atoms with E-state index in [-0.39, 0.29) is 24.2 Å². The molecule has 1 aliphatic heterocycles. The fourth-order valence-corrected chi connectivity index (χ4v) is 2.54. The Hall–Kier alpha value is -1.93. The summed E-state index contributed by atoms with van der Waals surface area (Å²) in [5.74, 6) is -0.527. The van der Waals surface area contributed by atoms with Gasteiger partial charge in [-0.05, 0) is 43.6 Å². The van der Waals surface area contributed by atoms with Crippen LogP contribution < -0.4 is 5.32 Å². The molecule has 0 aromatic heterocycles. The van der Waals surface area contributed by atoms with Crippen LogP contribution >= 0.6 is 0 Å². The van der Waals surface area contributed by atoms with Crippen LogP contribution in [0.5, 0.6) is 0 Å². The summed E-state index contributed by atoms with van der Waals surface area (Å²) in [5, 5.41) is 11.3. The Morgan fingerprint density at radius 2 is 2.00 bits per heavy atom. The minimum Gasteiger partial charge on any atom is -0.353 e. The van der Waals surface area contributed by atoms with Gasteiger partial charge in [0.15, 0.2) is 0 Å². The van der Waals surface area contributed by atoms with Gasteiger partial charge in [0.05, 0.1) is 12.1 Å². The maximum Gasteiger partial charge on any atom is 0.234 e. The largest absolute Gasteiger partial charge is 0.353 e. The standard InChI is InChI=1S/C15H18FN3O/c16-13-5-3-12(4-6-13)14(19-9-1-2-10-19)11-18-15(20)7-8-17/h3-6,14H,1-2,7,9-11H2,(H,18,20). The number of benzene rings is 1. The lowest BCUT2D eigenvalue weighted by Crippen LogP contribution is -2.36. The van der Waals surface area contributed by atoms with E-state index in [1.807, 2.05) is 6.07 Å². The molecule has 0 radical (unpaired) electrons. The summed E-state index contributed by atoms with van der Waals surface area (Å²) < 4.78 is 13.0. The van der Waals surface area contributed by atoms with Gasteiger partial charge in [-0.15, -0.1) is 0 Å². The van der Waals surface area contributed by atoms with Crippen LogP contribution in [-0.4, -0.2) is 30.4 Å². The Morgan fingerprint density at radius 1 is 1.35 bits per heavy atom. The highest BCUT2D eigenvalue weighted by molar-refractivity contribution is 5.77. The molecule has 1 saturated heterocycles. The molecule has 5 heteroatoms. The zero-order chi connectivity index (χ0) is 14.4. The number of hydrogen-bond donors (Lipinski definition) is 1. The van der Waals surface area contributed by atoms with Crippen molar-refractivity contribution in [2.45, 2.75) is 25.3 Å². The van der Waals surface area contributed by atoms with Gasteiger partial charge >= 0.3 is 0 Å². The number of likely N-dealkylation sites (tertiary alicyclic amines) is 1. The first kappa shape index (κ1) is 14.5. The van der Waals surface area contributed by atoms with Crippen LogP contribution in [0.4, 0.5) is 4.39 Å². The van der Waals surface area contributed by atoms with Gasteiger partial charge in [-0.25, -0.2) is 4.39 Å². The molecule has 1 unspecified atom stereocenters. The number of hydrogen-bond acceptors (Lipinski definition) is 3. The average Bonchev–Trinajstić information content (AvgIpc) is 2.95. The van der Waals surface area contributed by atoms with Crippen LogP contribution in [0.25, 0.3) is 0 Å². The van der Waals surface area contributed by atoms with Crippen molar-refractivity contribution in [3.05, 3.63) is 35.6 Å². The van der Waals surface area contributed by atoms with Crippen molar-refractivity contribution in [2.75, 3.05) is 19.6 Å². The lowest BCUT2D eigenvalue weighted by atomic mass is 10.1. The number of rotatable bonds is 5. The van der Waals surface area contributed by atoms with E-state index in [2.05, 4.69) is 10.2 Å². The third-order valence-corrected chi connectivity index (χ3v) is 3.57. The molecule has 0 bridgehead atoms. The quantitative estimate of drug-likeness (QED) is 0.894. The van der Waals surface area contributed by atoms with E-state index in [0.717, 1.165) is 31.5 Å². The van der Waals surface area contributed by atoms with Gasteiger partial charge in [0.25, 0.3) is 0 Å². The molecule has 1 aromatic rings. The van der Waals surface area contributed by atoms with E-state index >= 15 is 0 Å². The number of halogens is 1. The number of nitrogens with zero attached hydrogens (tertiary/aromatic N) is 2. The van der Waals surface area contributed by atoms with E-state index < -0.39 is 0 Å². The Labute approximate surface area is 118 Å². The fraction of sp³-hybridized carbons (Fsp3) is 0.467. The van der Waals surface area contributed by atoms with Gasteiger partial charge in [-0.2, -0.15) is 5.26 Å². The van der Waals surface area contributed by atoms with Crippen molar-refractivity contribution in [1.29, 1.82) is 5.26 Å². The number of carbonyl (C=O) groups is 1. The smallest absolute Gasteiger partial charge is 0.234 e. The molecular formula is C15H18FN3O. The molecule has 4 nitrogen and oxygen atoms in total. The Kier molecular flexibility index (Phi) is 5.08. The maximum atomic E-state index is 13.0. The van der Waals surface area contributed by atoms with Gasteiger partial charge in [-0.1, -0.05) is 12.1 Å². The molecule has 0 saturated carbocycles. The van der Waals surface area contributed by atoms with Crippen molar-refractivity contribution in [2.24, 2.45) is 0 Å². The van der Waals surface area contributed by atoms with Crippen LogP contribution in [-0.2, 0) is 4.79 Å². The maximum absolute atomic E-state index is 13.0. The summed E-state index contributed by atoms with van der Waals surface area (Å²) >= 11 is 0. The van der Waals surface area contributed by atoms with Gasteiger partial charge in [0.1, 0.15) is 12.2 Å². The minimum absolute atomic E-state index is 0.0424. The topological polar surface area (TPSA) is 56.1 Å². The second kappa shape index (κ2) is 7.01. The highest BCUT2D eigenvalue weighted by Crippen LogP contribution is 2.24. The SMILES string of the molecule is N#CCC(=O)NCC(c1ccc(F)cc1)N1CCCC1. The van der Waals surface area contributed by atoms with E-state index in [4.69, 9.17) is 5.26 Å². The van der Waals surface area contributed by atoms with Crippen LogP contribution in [0.15, 0.2) is 24.3 Å². The van der Waals surface area contributed by atoms with Crippen molar-refractivity contribution in [3.63, 3.8) is 0 Å². The van der Waals surface area contributed by atoms with Crippen LogP contribution in [0.3, 0.4) is 0 Å². The van der Waals surface area contributed by atoms with E-state index in [0.29, 0.717) is 6.54 Å². The molecule has 1 fully saturated rings. The molecular weight excluding hydrogens is 257 g/mol. The van der Waals surface area contributed by atoms with E-state index in [9.17, 15) is 9.18 Å². The second-order valence-corrected chi connectivity index (χ2v) is 4.95.